The Morgan fingerprint density at radius 1 is 1.31 bits per heavy atom. The van der Waals surface area contributed by atoms with Crippen molar-refractivity contribution in [2.24, 2.45) is 11.8 Å². The third kappa shape index (κ3) is 4.16. The van der Waals surface area contributed by atoms with Crippen LogP contribution < -0.4 is 4.74 Å². The molecule has 2 fully saturated rings. The molecule has 1 saturated carbocycles. The van der Waals surface area contributed by atoms with Crippen molar-refractivity contribution in [1.29, 1.82) is 0 Å². The van der Waals surface area contributed by atoms with Gasteiger partial charge < -0.3 is 23.7 Å². The number of carbonyl (C=O) groups excluding carboxylic acids is 2. The quantitative estimate of drug-likeness (QED) is 0.551. The van der Waals surface area contributed by atoms with E-state index in [1.165, 1.54) is 6.07 Å². The molecule has 1 unspecified atom stereocenters. The molecule has 0 aromatic heterocycles. The lowest BCUT2D eigenvalue weighted by Gasteiger charge is -2.28. The first kappa shape index (κ1) is 20.3. The number of rotatable bonds is 5. The van der Waals surface area contributed by atoms with Crippen LogP contribution in [0.25, 0.3) is 0 Å². The molecular formula is C22H27FO6. The Morgan fingerprint density at radius 2 is 2.17 bits per heavy atom. The second kappa shape index (κ2) is 8.79. The minimum Gasteiger partial charge on any atom is -0.490 e. The van der Waals surface area contributed by atoms with Gasteiger partial charge in [-0.2, -0.15) is 0 Å². The third-order valence-electron chi connectivity index (χ3n) is 6.16. The number of halogens is 1. The first-order chi connectivity index (χ1) is 14.1. The van der Waals surface area contributed by atoms with Crippen molar-refractivity contribution in [3.8, 4) is 5.75 Å². The third-order valence-corrected chi connectivity index (χ3v) is 6.16. The lowest BCUT2D eigenvalue weighted by Crippen LogP contribution is -2.32. The molecule has 2 heterocycles. The Morgan fingerprint density at radius 3 is 2.90 bits per heavy atom. The summed E-state index contributed by atoms with van der Waals surface area (Å²) in [6, 6.07) is 2.75. The molecule has 1 aromatic carbocycles. The van der Waals surface area contributed by atoms with Gasteiger partial charge in [-0.25, -0.2) is 9.18 Å². The van der Waals surface area contributed by atoms with E-state index in [0.29, 0.717) is 37.2 Å². The van der Waals surface area contributed by atoms with Gasteiger partial charge in [-0.1, -0.05) is 0 Å². The molecule has 1 aliphatic carbocycles. The molecule has 1 aromatic rings. The highest BCUT2D eigenvalue weighted by atomic mass is 19.1. The number of fused-ring (bicyclic) bond motifs is 2. The molecule has 0 N–H and O–H groups in total. The molecule has 3 aliphatic rings. The van der Waals surface area contributed by atoms with Gasteiger partial charge in [0, 0.05) is 30.4 Å². The number of aldehydes is 1. The summed E-state index contributed by atoms with van der Waals surface area (Å²) in [6.45, 7) is 2.59. The van der Waals surface area contributed by atoms with Crippen LogP contribution in [0.3, 0.4) is 0 Å². The van der Waals surface area contributed by atoms with E-state index in [1.807, 2.05) is 0 Å². The molecule has 158 valence electrons. The number of esters is 1. The van der Waals surface area contributed by atoms with E-state index in [4.69, 9.17) is 18.9 Å². The number of hydrogen-bond acceptors (Lipinski definition) is 6. The van der Waals surface area contributed by atoms with E-state index in [0.717, 1.165) is 25.5 Å². The molecule has 6 nitrogen and oxygen atoms in total. The first-order valence-electron chi connectivity index (χ1n) is 10.5. The van der Waals surface area contributed by atoms with Crippen molar-refractivity contribution in [3.63, 3.8) is 0 Å². The Labute approximate surface area is 169 Å². The number of carbonyl (C=O) groups is 2. The maximum Gasteiger partial charge on any atom is 0.338 e. The van der Waals surface area contributed by atoms with E-state index < -0.39 is 11.8 Å². The minimum absolute atomic E-state index is 0.0565. The molecule has 0 spiro atoms. The zero-order valence-electron chi connectivity index (χ0n) is 16.6. The van der Waals surface area contributed by atoms with E-state index in [-0.39, 0.29) is 42.5 Å². The molecule has 0 amide bonds. The molecule has 7 heteroatoms. The molecule has 1 saturated heterocycles. The SMILES string of the molecule is CCOC(=O)c1cc(F)c2c(c1)O[C@H]1C[C@@H](OC3CCCCO3)[C@H](C=O)[C@H]1CC2. The fraction of sp³-hybridized carbons (Fsp3) is 0.636. The molecule has 2 aliphatic heterocycles. The number of ether oxygens (including phenoxy) is 4. The molecule has 0 radical (unpaired) electrons. The van der Waals surface area contributed by atoms with Crippen molar-refractivity contribution in [3.05, 3.63) is 29.1 Å². The zero-order valence-corrected chi connectivity index (χ0v) is 16.6. The van der Waals surface area contributed by atoms with Crippen LogP contribution in [0.1, 0.15) is 54.9 Å². The lowest BCUT2D eigenvalue weighted by atomic mass is 9.89. The number of benzene rings is 1. The van der Waals surface area contributed by atoms with Gasteiger partial charge in [0.1, 0.15) is 24.0 Å². The highest BCUT2D eigenvalue weighted by Gasteiger charge is 2.47. The van der Waals surface area contributed by atoms with Crippen molar-refractivity contribution in [1.82, 2.24) is 0 Å². The van der Waals surface area contributed by atoms with Crippen LogP contribution in [-0.4, -0.2) is 44.0 Å². The van der Waals surface area contributed by atoms with Gasteiger partial charge in [0.15, 0.2) is 6.29 Å². The fourth-order valence-corrected chi connectivity index (χ4v) is 4.71. The Kier molecular flexibility index (Phi) is 6.15. The van der Waals surface area contributed by atoms with E-state index in [1.54, 1.807) is 13.0 Å². The van der Waals surface area contributed by atoms with Crippen LogP contribution in [0.15, 0.2) is 12.1 Å². The average molecular weight is 406 g/mol. The molecule has 0 bridgehead atoms. The predicted molar refractivity (Wildman–Crippen MR) is 101 cm³/mol. The summed E-state index contributed by atoms with van der Waals surface area (Å²) in [5, 5.41) is 0. The van der Waals surface area contributed by atoms with Crippen molar-refractivity contribution < 1.29 is 32.9 Å². The molecule has 29 heavy (non-hydrogen) atoms. The highest BCUT2D eigenvalue weighted by Crippen LogP contribution is 2.43. The Hall–Kier alpha value is -1.99. The standard InChI is InChI=1S/C22H27FO6/c1-2-26-22(25)13-9-17(23)15-7-6-14-16(12-24)20(11-19(14)28-18(15)10-13)29-21-5-3-4-8-27-21/h9-10,12,14,16,19-21H,2-8,11H2,1H3/t14-,16-,19+,20-,21?/m1/s1. The van der Waals surface area contributed by atoms with E-state index in [2.05, 4.69) is 0 Å². The maximum atomic E-state index is 14.7. The lowest BCUT2D eigenvalue weighted by molar-refractivity contribution is -0.194. The van der Waals surface area contributed by atoms with Gasteiger partial charge in [-0.15, -0.1) is 0 Å². The second-order valence-electron chi connectivity index (χ2n) is 7.93. The van der Waals surface area contributed by atoms with E-state index >= 15 is 0 Å². The van der Waals surface area contributed by atoms with Crippen LogP contribution in [0, 0.1) is 17.7 Å². The van der Waals surface area contributed by atoms with Crippen molar-refractivity contribution in [2.75, 3.05) is 13.2 Å². The smallest absolute Gasteiger partial charge is 0.338 e. The first-order valence-corrected chi connectivity index (χ1v) is 10.5. The maximum absolute atomic E-state index is 14.7. The largest absolute Gasteiger partial charge is 0.490 e. The average Bonchev–Trinajstić information content (AvgIpc) is 2.92. The van der Waals surface area contributed by atoms with Crippen LogP contribution in [0.2, 0.25) is 0 Å². The molecular weight excluding hydrogens is 379 g/mol. The summed E-state index contributed by atoms with van der Waals surface area (Å²) in [6.07, 6.45) is 4.65. The predicted octanol–water partition coefficient (Wildman–Crippen LogP) is 3.44. The van der Waals surface area contributed by atoms with Crippen LogP contribution >= 0.6 is 0 Å². The van der Waals surface area contributed by atoms with Gasteiger partial charge >= 0.3 is 5.97 Å². The molecule has 5 atom stereocenters. The summed E-state index contributed by atoms with van der Waals surface area (Å²) >= 11 is 0. The van der Waals surface area contributed by atoms with Gasteiger partial charge in [-0.05, 0) is 51.2 Å². The summed E-state index contributed by atoms with van der Waals surface area (Å²) in [5.41, 5.74) is 0.583. The second-order valence-corrected chi connectivity index (χ2v) is 7.93. The van der Waals surface area contributed by atoms with Gasteiger partial charge in [0.05, 0.1) is 18.3 Å². The van der Waals surface area contributed by atoms with Crippen LogP contribution in [0.5, 0.6) is 5.75 Å². The van der Waals surface area contributed by atoms with Gasteiger partial charge in [0.25, 0.3) is 0 Å². The minimum atomic E-state index is -0.577. The summed E-state index contributed by atoms with van der Waals surface area (Å²) in [5.74, 6) is -1.06. The monoisotopic (exact) mass is 406 g/mol. The van der Waals surface area contributed by atoms with Gasteiger partial charge in [0.2, 0.25) is 0 Å². The van der Waals surface area contributed by atoms with Crippen LogP contribution in [-0.2, 0) is 25.4 Å². The summed E-state index contributed by atoms with van der Waals surface area (Å²) in [7, 11) is 0. The van der Waals surface area contributed by atoms with Gasteiger partial charge in [-0.3, -0.25) is 0 Å². The van der Waals surface area contributed by atoms with Crippen LogP contribution in [0.4, 0.5) is 4.39 Å². The zero-order chi connectivity index (χ0) is 20.4. The molecule has 4 rings (SSSR count). The highest BCUT2D eigenvalue weighted by molar-refractivity contribution is 5.90. The summed E-state index contributed by atoms with van der Waals surface area (Å²) < 4.78 is 37.6. The number of hydrogen-bond donors (Lipinski definition) is 0. The Bertz CT molecular complexity index is 760. The van der Waals surface area contributed by atoms with Crippen molar-refractivity contribution in [2.45, 2.75) is 63.9 Å². The summed E-state index contributed by atoms with van der Waals surface area (Å²) in [4.78, 5) is 23.9. The Balaban J connectivity index is 1.54. The fourth-order valence-electron chi connectivity index (χ4n) is 4.71. The normalized spacial score (nSPS) is 31.2. The topological polar surface area (TPSA) is 71.1 Å². The van der Waals surface area contributed by atoms with E-state index in [9.17, 15) is 14.0 Å². The van der Waals surface area contributed by atoms with Crippen molar-refractivity contribution >= 4 is 12.3 Å².